The van der Waals surface area contributed by atoms with Crippen LogP contribution in [0.15, 0.2) is 36.4 Å². The van der Waals surface area contributed by atoms with Crippen LogP contribution in [0.3, 0.4) is 0 Å². The van der Waals surface area contributed by atoms with Crippen molar-refractivity contribution < 1.29 is 4.74 Å². The molecular formula is C15H19N3O. The van der Waals surface area contributed by atoms with Crippen molar-refractivity contribution in [3.8, 4) is 5.75 Å². The van der Waals surface area contributed by atoms with Gasteiger partial charge in [-0.3, -0.25) is 4.98 Å². The molecule has 0 saturated carbocycles. The van der Waals surface area contributed by atoms with Crippen molar-refractivity contribution in [3.63, 3.8) is 0 Å². The summed E-state index contributed by atoms with van der Waals surface area (Å²) in [6.07, 6.45) is 0. The zero-order chi connectivity index (χ0) is 13.8. The summed E-state index contributed by atoms with van der Waals surface area (Å²) >= 11 is 0. The standard InChI is InChI=1S/C15H19N3O/c1-11-8-13(19-3)9-12(17-11)10-18(2)15-7-5-4-6-14(15)16/h4-9H,10,16H2,1-3H3. The Morgan fingerprint density at radius 3 is 2.68 bits per heavy atom. The van der Waals surface area contributed by atoms with Crippen LogP contribution in [0.25, 0.3) is 0 Å². The van der Waals surface area contributed by atoms with Gasteiger partial charge in [-0.25, -0.2) is 0 Å². The van der Waals surface area contributed by atoms with Crippen LogP contribution in [0.1, 0.15) is 11.4 Å². The molecule has 0 radical (unpaired) electrons. The lowest BCUT2D eigenvalue weighted by Crippen LogP contribution is -2.18. The van der Waals surface area contributed by atoms with Gasteiger partial charge in [0.15, 0.2) is 0 Å². The smallest absolute Gasteiger partial charge is 0.122 e. The molecule has 0 spiro atoms. The summed E-state index contributed by atoms with van der Waals surface area (Å²) < 4.78 is 5.26. The molecule has 100 valence electrons. The van der Waals surface area contributed by atoms with Crippen molar-refractivity contribution in [2.24, 2.45) is 0 Å². The van der Waals surface area contributed by atoms with E-state index in [4.69, 9.17) is 10.5 Å². The highest BCUT2D eigenvalue weighted by atomic mass is 16.5. The molecule has 0 unspecified atom stereocenters. The van der Waals surface area contributed by atoms with Gasteiger partial charge in [-0.05, 0) is 19.1 Å². The maximum absolute atomic E-state index is 5.97. The fourth-order valence-corrected chi connectivity index (χ4v) is 2.07. The van der Waals surface area contributed by atoms with Gasteiger partial charge in [-0.1, -0.05) is 12.1 Å². The second-order valence-corrected chi connectivity index (χ2v) is 4.55. The number of pyridine rings is 1. The number of methoxy groups -OCH3 is 1. The third-order valence-corrected chi connectivity index (χ3v) is 2.96. The Bertz CT molecular complexity index is 569. The molecule has 2 aromatic rings. The number of aryl methyl sites for hydroxylation is 1. The summed E-state index contributed by atoms with van der Waals surface area (Å²) in [5.41, 5.74) is 9.66. The van der Waals surface area contributed by atoms with Gasteiger partial charge < -0.3 is 15.4 Å². The molecule has 0 aliphatic rings. The highest BCUT2D eigenvalue weighted by Gasteiger charge is 2.07. The lowest BCUT2D eigenvalue weighted by molar-refractivity contribution is 0.413. The Morgan fingerprint density at radius 2 is 2.00 bits per heavy atom. The maximum Gasteiger partial charge on any atom is 0.122 e. The molecule has 0 bridgehead atoms. The van der Waals surface area contributed by atoms with E-state index in [2.05, 4.69) is 9.88 Å². The van der Waals surface area contributed by atoms with Gasteiger partial charge in [0.25, 0.3) is 0 Å². The Balaban J connectivity index is 2.21. The van der Waals surface area contributed by atoms with Crippen molar-refractivity contribution in [3.05, 3.63) is 47.8 Å². The lowest BCUT2D eigenvalue weighted by atomic mass is 10.2. The second kappa shape index (κ2) is 5.61. The molecule has 4 nitrogen and oxygen atoms in total. The molecule has 2 N–H and O–H groups in total. The van der Waals surface area contributed by atoms with Crippen molar-refractivity contribution in [1.29, 1.82) is 0 Å². The van der Waals surface area contributed by atoms with Crippen LogP contribution in [0, 0.1) is 6.92 Å². The third kappa shape index (κ3) is 3.16. The zero-order valence-corrected chi connectivity index (χ0v) is 11.6. The number of nitrogen functional groups attached to an aromatic ring is 1. The zero-order valence-electron chi connectivity index (χ0n) is 11.6. The molecule has 19 heavy (non-hydrogen) atoms. The predicted octanol–water partition coefficient (Wildman–Crippen LogP) is 2.62. The Hall–Kier alpha value is -2.23. The average Bonchev–Trinajstić information content (AvgIpc) is 2.38. The van der Waals surface area contributed by atoms with E-state index in [1.807, 2.05) is 50.4 Å². The van der Waals surface area contributed by atoms with Gasteiger partial charge in [0.2, 0.25) is 0 Å². The fourth-order valence-electron chi connectivity index (χ4n) is 2.07. The minimum atomic E-state index is 0.687. The molecule has 4 heteroatoms. The summed E-state index contributed by atoms with van der Waals surface area (Å²) in [5.74, 6) is 0.830. The van der Waals surface area contributed by atoms with Crippen LogP contribution in [0.4, 0.5) is 11.4 Å². The average molecular weight is 257 g/mol. The van der Waals surface area contributed by atoms with Crippen LogP contribution in [-0.4, -0.2) is 19.1 Å². The minimum absolute atomic E-state index is 0.687. The number of aromatic nitrogens is 1. The summed E-state index contributed by atoms with van der Waals surface area (Å²) in [4.78, 5) is 6.59. The Labute approximate surface area is 113 Å². The van der Waals surface area contributed by atoms with Gasteiger partial charge in [0, 0.05) is 24.9 Å². The quantitative estimate of drug-likeness (QED) is 0.855. The monoisotopic (exact) mass is 257 g/mol. The molecule has 0 fully saturated rings. The Morgan fingerprint density at radius 1 is 1.26 bits per heavy atom. The van der Waals surface area contributed by atoms with Crippen LogP contribution < -0.4 is 15.4 Å². The SMILES string of the molecule is COc1cc(C)nc(CN(C)c2ccccc2N)c1. The largest absolute Gasteiger partial charge is 0.497 e. The first kappa shape index (κ1) is 13.2. The van der Waals surface area contributed by atoms with Gasteiger partial charge in [-0.2, -0.15) is 0 Å². The van der Waals surface area contributed by atoms with E-state index < -0.39 is 0 Å². The van der Waals surface area contributed by atoms with E-state index in [-0.39, 0.29) is 0 Å². The molecule has 0 amide bonds. The van der Waals surface area contributed by atoms with E-state index in [0.29, 0.717) is 6.54 Å². The van der Waals surface area contributed by atoms with Crippen molar-refractivity contribution >= 4 is 11.4 Å². The van der Waals surface area contributed by atoms with Gasteiger partial charge >= 0.3 is 0 Å². The maximum atomic E-state index is 5.97. The molecule has 1 aromatic heterocycles. The van der Waals surface area contributed by atoms with Crippen molar-refractivity contribution in [2.45, 2.75) is 13.5 Å². The van der Waals surface area contributed by atoms with E-state index >= 15 is 0 Å². The number of rotatable bonds is 4. The van der Waals surface area contributed by atoms with Gasteiger partial charge in [-0.15, -0.1) is 0 Å². The first-order valence-corrected chi connectivity index (χ1v) is 6.17. The molecule has 1 aromatic carbocycles. The molecule has 1 heterocycles. The summed E-state index contributed by atoms with van der Waals surface area (Å²) in [6.45, 7) is 2.65. The Kier molecular flexibility index (Phi) is 3.90. The van der Waals surface area contributed by atoms with Gasteiger partial charge in [0.1, 0.15) is 5.75 Å². The van der Waals surface area contributed by atoms with Crippen molar-refractivity contribution in [2.75, 3.05) is 24.8 Å². The van der Waals surface area contributed by atoms with Crippen LogP contribution in [0.5, 0.6) is 5.75 Å². The highest BCUT2D eigenvalue weighted by molar-refractivity contribution is 5.66. The lowest BCUT2D eigenvalue weighted by Gasteiger charge is -2.21. The summed E-state index contributed by atoms with van der Waals surface area (Å²) in [7, 11) is 3.67. The predicted molar refractivity (Wildman–Crippen MR) is 78.5 cm³/mol. The number of hydrogen-bond donors (Lipinski definition) is 1. The van der Waals surface area contributed by atoms with E-state index in [9.17, 15) is 0 Å². The number of nitrogens with two attached hydrogens (primary N) is 1. The van der Waals surface area contributed by atoms with Crippen LogP contribution >= 0.6 is 0 Å². The first-order chi connectivity index (χ1) is 9.10. The van der Waals surface area contributed by atoms with Crippen LogP contribution in [-0.2, 0) is 6.54 Å². The summed E-state index contributed by atoms with van der Waals surface area (Å²) in [6, 6.07) is 11.7. The third-order valence-electron chi connectivity index (χ3n) is 2.96. The van der Waals surface area contributed by atoms with E-state index in [1.54, 1.807) is 7.11 Å². The molecule has 2 rings (SSSR count). The van der Waals surface area contributed by atoms with Crippen LogP contribution in [0.2, 0.25) is 0 Å². The fraction of sp³-hybridized carbons (Fsp3) is 0.267. The minimum Gasteiger partial charge on any atom is -0.497 e. The normalized spacial score (nSPS) is 10.3. The number of para-hydroxylation sites is 2. The van der Waals surface area contributed by atoms with E-state index in [1.165, 1.54) is 0 Å². The first-order valence-electron chi connectivity index (χ1n) is 6.17. The van der Waals surface area contributed by atoms with Crippen molar-refractivity contribution in [1.82, 2.24) is 4.98 Å². The second-order valence-electron chi connectivity index (χ2n) is 4.55. The number of ether oxygens (including phenoxy) is 1. The number of anilines is 2. The van der Waals surface area contributed by atoms with E-state index in [0.717, 1.165) is 28.5 Å². The summed E-state index contributed by atoms with van der Waals surface area (Å²) in [5, 5.41) is 0. The topological polar surface area (TPSA) is 51.4 Å². The number of hydrogen-bond acceptors (Lipinski definition) is 4. The molecule has 0 aliphatic carbocycles. The highest BCUT2D eigenvalue weighted by Crippen LogP contribution is 2.23. The molecule has 0 aliphatic heterocycles. The molecule has 0 atom stereocenters. The number of nitrogens with zero attached hydrogens (tertiary/aromatic N) is 2. The molecular weight excluding hydrogens is 238 g/mol. The number of benzene rings is 1. The van der Waals surface area contributed by atoms with Gasteiger partial charge in [0.05, 0.1) is 30.7 Å². The molecule has 0 saturated heterocycles.